The quantitative estimate of drug-likeness (QED) is 0.648. The zero-order chi connectivity index (χ0) is 13.0. The Morgan fingerprint density at radius 3 is 2.65 bits per heavy atom. The first kappa shape index (κ1) is 13.0. The van der Waals surface area contributed by atoms with Gasteiger partial charge in [-0.1, -0.05) is 6.08 Å². The van der Waals surface area contributed by atoms with Crippen LogP contribution in [0.2, 0.25) is 0 Å². The Labute approximate surface area is 97.6 Å². The van der Waals surface area contributed by atoms with Crippen molar-refractivity contribution in [1.82, 2.24) is 5.32 Å². The molecule has 6 nitrogen and oxygen atoms in total. The number of allylic oxidation sites excluding steroid dienone is 3. The van der Waals surface area contributed by atoms with Gasteiger partial charge in [0.25, 0.3) is 0 Å². The predicted molar refractivity (Wildman–Crippen MR) is 58.2 cm³/mol. The van der Waals surface area contributed by atoms with E-state index in [0.29, 0.717) is 0 Å². The van der Waals surface area contributed by atoms with Crippen LogP contribution in [0.3, 0.4) is 0 Å². The van der Waals surface area contributed by atoms with Crippen molar-refractivity contribution in [1.29, 1.82) is 0 Å². The van der Waals surface area contributed by atoms with Crippen LogP contribution in [0.4, 0.5) is 0 Å². The lowest BCUT2D eigenvalue weighted by Crippen LogP contribution is -2.41. The molecule has 0 radical (unpaired) electrons. The first-order valence-corrected chi connectivity index (χ1v) is 5.02. The number of hydrogen-bond acceptors (Lipinski definition) is 4. The molecule has 0 saturated heterocycles. The molecule has 0 heterocycles. The molecule has 1 rings (SSSR count). The highest BCUT2D eigenvalue weighted by molar-refractivity contribution is 5.95. The van der Waals surface area contributed by atoms with Gasteiger partial charge in [-0.2, -0.15) is 0 Å². The number of amides is 1. The third-order valence-corrected chi connectivity index (χ3v) is 2.32. The minimum Gasteiger partial charge on any atom is -0.508 e. The summed E-state index contributed by atoms with van der Waals surface area (Å²) < 4.78 is 0. The summed E-state index contributed by atoms with van der Waals surface area (Å²) in [7, 11) is 0. The fourth-order valence-corrected chi connectivity index (χ4v) is 1.53. The second kappa shape index (κ2) is 5.29. The molecule has 0 fully saturated rings. The van der Waals surface area contributed by atoms with Crippen molar-refractivity contribution >= 4 is 17.7 Å². The number of aliphatic hydroxyl groups excluding tert-OH is 1. The van der Waals surface area contributed by atoms with Gasteiger partial charge in [0.15, 0.2) is 5.78 Å². The van der Waals surface area contributed by atoms with Gasteiger partial charge >= 0.3 is 5.97 Å². The molecule has 1 aliphatic rings. The SMILES string of the molecule is CC(=O)NC(CC1C=CC(O)=CC1=O)C(=O)O. The second-order valence-electron chi connectivity index (χ2n) is 3.76. The fraction of sp³-hybridized carbons (Fsp3) is 0.364. The van der Waals surface area contributed by atoms with Gasteiger partial charge in [0.05, 0.1) is 0 Å². The van der Waals surface area contributed by atoms with E-state index in [1.54, 1.807) is 0 Å². The number of rotatable bonds is 4. The van der Waals surface area contributed by atoms with Crippen molar-refractivity contribution < 1.29 is 24.6 Å². The monoisotopic (exact) mass is 239 g/mol. The van der Waals surface area contributed by atoms with Crippen LogP contribution in [0.5, 0.6) is 0 Å². The maximum absolute atomic E-state index is 11.5. The Morgan fingerprint density at radius 1 is 1.53 bits per heavy atom. The Morgan fingerprint density at radius 2 is 2.18 bits per heavy atom. The highest BCUT2D eigenvalue weighted by atomic mass is 16.4. The normalized spacial score (nSPS) is 20.6. The van der Waals surface area contributed by atoms with Gasteiger partial charge in [-0.15, -0.1) is 0 Å². The van der Waals surface area contributed by atoms with Crippen LogP contribution < -0.4 is 5.32 Å². The lowest BCUT2D eigenvalue weighted by molar-refractivity contribution is -0.142. The number of carbonyl (C=O) groups excluding carboxylic acids is 2. The molecule has 17 heavy (non-hydrogen) atoms. The van der Waals surface area contributed by atoms with E-state index in [-0.39, 0.29) is 18.0 Å². The summed E-state index contributed by atoms with van der Waals surface area (Å²) in [4.78, 5) is 33.1. The van der Waals surface area contributed by atoms with Crippen molar-refractivity contribution in [2.75, 3.05) is 0 Å². The zero-order valence-corrected chi connectivity index (χ0v) is 9.21. The molecular formula is C11H13NO5. The van der Waals surface area contributed by atoms with E-state index in [9.17, 15) is 14.4 Å². The van der Waals surface area contributed by atoms with E-state index < -0.39 is 23.8 Å². The van der Waals surface area contributed by atoms with Gasteiger partial charge < -0.3 is 15.5 Å². The molecule has 0 aromatic carbocycles. The average Bonchev–Trinajstić information content (AvgIpc) is 2.19. The van der Waals surface area contributed by atoms with Gasteiger partial charge in [0, 0.05) is 18.9 Å². The molecule has 1 aliphatic carbocycles. The van der Waals surface area contributed by atoms with Crippen molar-refractivity contribution in [2.24, 2.45) is 5.92 Å². The third-order valence-electron chi connectivity index (χ3n) is 2.32. The number of carboxylic acid groups (broad SMARTS) is 1. The largest absolute Gasteiger partial charge is 0.508 e. The van der Waals surface area contributed by atoms with Crippen molar-refractivity contribution in [2.45, 2.75) is 19.4 Å². The summed E-state index contributed by atoms with van der Waals surface area (Å²) >= 11 is 0. The van der Waals surface area contributed by atoms with E-state index in [4.69, 9.17) is 10.2 Å². The lowest BCUT2D eigenvalue weighted by atomic mass is 9.91. The number of aliphatic carboxylic acids is 1. The number of carbonyl (C=O) groups is 3. The molecular weight excluding hydrogens is 226 g/mol. The van der Waals surface area contributed by atoms with Crippen LogP contribution >= 0.6 is 0 Å². The molecule has 1 amide bonds. The molecule has 0 aromatic heterocycles. The van der Waals surface area contributed by atoms with Gasteiger partial charge in [0.2, 0.25) is 5.91 Å². The predicted octanol–water partition coefficient (Wildman–Crippen LogP) is 0.163. The molecule has 6 heteroatoms. The molecule has 0 aliphatic heterocycles. The first-order chi connectivity index (χ1) is 7.90. The molecule has 2 unspecified atom stereocenters. The summed E-state index contributed by atoms with van der Waals surface area (Å²) in [5.41, 5.74) is 0. The van der Waals surface area contributed by atoms with E-state index in [1.165, 1.54) is 19.1 Å². The molecule has 0 bridgehead atoms. The summed E-state index contributed by atoms with van der Waals surface area (Å²) in [6, 6.07) is -1.11. The van der Waals surface area contributed by atoms with E-state index in [2.05, 4.69) is 5.32 Å². The Balaban J connectivity index is 2.69. The third kappa shape index (κ3) is 3.75. The minimum absolute atomic E-state index is 0.0337. The van der Waals surface area contributed by atoms with Crippen LogP contribution in [-0.4, -0.2) is 33.9 Å². The standard InChI is InChI=1S/C11H13NO5/c1-6(13)12-9(11(16)17)4-7-2-3-8(14)5-10(7)15/h2-3,5,7,9,14H,4H2,1H3,(H,12,13)(H,16,17). The van der Waals surface area contributed by atoms with Gasteiger partial charge in [-0.25, -0.2) is 4.79 Å². The number of hydrogen-bond donors (Lipinski definition) is 3. The van der Waals surface area contributed by atoms with Crippen LogP contribution in [-0.2, 0) is 14.4 Å². The smallest absolute Gasteiger partial charge is 0.326 e. The van der Waals surface area contributed by atoms with E-state index in [0.717, 1.165) is 6.08 Å². The summed E-state index contributed by atoms with van der Waals surface area (Å²) in [5.74, 6) is -2.83. The van der Waals surface area contributed by atoms with Gasteiger partial charge in [-0.05, 0) is 12.5 Å². The Bertz CT molecular complexity index is 410. The lowest BCUT2D eigenvalue weighted by Gasteiger charge is -2.18. The number of carboxylic acids is 1. The molecule has 0 spiro atoms. The van der Waals surface area contributed by atoms with Crippen LogP contribution in [0, 0.1) is 5.92 Å². The van der Waals surface area contributed by atoms with Crippen LogP contribution in [0.15, 0.2) is 24.0 Å². The summed E-state index contributed by atoms with van der Waals surface area (Å²) in [6.45, 7) is 1.21. The molecule has 2 atom stereocenters. The van der Waals surface area contributed by atoms with Gasteiger partial charge in [0.1, 0.15) is 11.8 Å². The fourth-order valence-electron chi connectivity index (χ4n) is 1.53. The maximum Gasteiger partial charge on any atom is 0.326 e. The second-order valence-corrected chi connectivity index (χ2v) is 3.76. The van der Waals surface area contributed by atoms with Gasteiger partial charge in [-0.3, -0.25) is 9.59 Å². The van der Waals surface area contributed by atoms with E-state index >= 15 is 0 Å². The number of aliphatic hydroxyl groups is 1. The zero-order valence-electron chi connectivity index (χ0n) is 9.21. The first-order valence-electron chi connectivity index (χ1n) is 5.02. The maximum atomic E-state index is 11.5. The highest BCUT2D eigenvalue weighted by Crippen LogP contribution is 2.17. The molecule has 0 aromatic rings. The van der Waals surface area contributed by atoms with Crippen molar-refractivity contribution in [3.8, 4) is 0 Å². The Hall–Kier alpha value is -2.11. The minimum atomic E-state index is -1.19. The molecule has 3 N–H and O–H groups in total. The van der Waals surface area contributed by atoms with Crippen LogP contribution in [0.25, 0.3) is 0 Å². The number of ketones is 1. The van der Waals surface area contributed by atoms with E-state index in [1.807, 2.05) is 0 Å². The topological polar surface area (TPSA) is 104 Å². The van der Waals surface area contributed by atoms with Crippen molar-refractivity contribution in [3.63, 3.8) is 0 Å². The van der Waals surface area contributed by atoms with Crippen LogP contribution in [0.1, 0.15) is 13.3 Å². The Kier molecular flexibility index (Phi) is 4.03. The average molecular weight is 239 g/mol. The highest BCUT2D eigenvalue weighted by Gasteiger charge is 2.26. The molecule has 0 saturated carbocycles. The summed E-state index contributed by atoms with van der Waals surface area (Å²) in [6.07, 6.45) is 3.76. The van der Waals surface area contributed by atoms with Crippen molar-refractivity contribution in [3.05, 3.63) is 24.0 Å². The number of nitrogens with one attached hydrogen (secondary N) is 1. The molecule has 92 valence electrons. The summed E-state index contributed by atoms with van der Waals surface area (Å²) in [5, 5.41) is 20.2.